The van der Waals surface area contributed by atoms with E-state index in [4.69, 9.17) is 0 Å². The summed E-state index contributed by atoms with van der Waals surface area (Å²) < 4.78 is 6.41. The maximum absolute atomic E-state index is 11.2. The lowest BCUT2D eigenvalue weighted by Crippen LogP contribution is -2.31. The van der Waals surface area contributed by atoms with Crippen LogP contribution in [-0.2, 0) is 9.53 Å². The number of methoxy groups -OCH3 is 1. The molecule has 1 aromatic heterocycles. The summed E-state index contributed by atoms with van der Waals surface area (Å²) in [4.78, 5) is 15.1. The second kappa shape index (κ2) is 3.75. The summed E-state index contributed by atoms with van der Waals surface area (Å²) in [6.45, 7) is 0.725. The van der Waals surface area contributed by atoms with Gasteiger partial charge in [0.25, 0.3) is 0 Å². The van der Waals surface area contributed by atoms with E-state index >= 15 is 0 Å². The maximum atomic E-state index is 11.2. The molecular weight excluding hydrogens is 184 g/mol. The smallest absolute Gasteiger partial charge is 0.322 e. The SMILES string of the molecule is COC(=O)[C@H]1C[C@@H](n2cncn2)CN1. The van der Waals surface area contributed by atoms with Gasteiger partial charge >= 0.3 is 5.97 Å². The van der Waals surface area contributed by atoms with Crippen molar-refractivity contribution in [3.05, 3.63) is 12.7 Å². The summed E-state index contributed by atoms with van der Waals surface area (Å²) in [5.74, 6) is -0.215. The molecule has 0 saturated carbocycles. The third-order valence-corrected chi connectivity index (χ3v) is 2.40. The second-order valence-corrected chi connectivity index (χ2v) is 3.25. The average molecular weight is 196 g/mol. The fourth-order valence-corrected chi connectivity index (χ4v) is 1.65. The number of carbonyl (C=O) groups is 1. The molecule has 1 N–H and O–H groups in total. The van der Waals surface area contributed by atoms with Crippen molar-refractivity contribution < 1.29 is 9.53 Å². The van der Waals surface area contributed by atoms with Crippen LogP contribution in [0, 0.1) is 0 Å². The number of hydrogen-bond acceptors (Lipinski definition) is 5. The zero-order valence-corrected chi connectivity index (χ0v) is 7.88. The van der Waals surface area contributed by atoms with Gasteiger partial charge in [-0.05, 0) is 6.42 Å². The molecular formula is C8H12N4O2. The van der Waals surface area contributed by atoms with Crippen LogP contribution in [0.2, 0.25) is 0 Å². The summed E-state index contributed by atoms with van der Waals surface area (Å²) in [6.07, 6.45) is 3.85. The van der Waals surface area contributed by atoms with Crippen LogP contribution < -0.4 is 5.32 Å². The van der Waals surface area contributed by atoms with Gasteiger partial charge in [-0.3, -0.25) is 4.79 Å². The van der Waals surface area contributed by atoms with Crippen molar-refractivity contribution in [3.63, 3.8) is 0 Å². The van der Waals surface area contributed by atoms with Gasteiger partial charge in [-0.2, -0.15) is 5.10 Å². The summed E-state index contributed by atoms with van der Waals surface area (Å²) >= 11 is 0. The molecule has 2 rings (SSSR count). The molecule has 76 valence electrons. The Morgan fingerprint density at radius 2 is 2.57 bits per heavy atom. The van der Waals surface area contributed by atoms with Crippen LogP contribution in [0.3, 0.4) is 0 Å². The predicted molar refractivity (Wildman–Crippen MR) is 47.5 cm³/mol. The number of nitrogens with one attached hydrogen (secondary N) is 1. The summed E-state index contributed by atoms with van der Waals surface area (Å²) in [6, 6.07) is -0.0178. The summed E-state index contributed by atoms with van der Waals surface area (Å²) in [7, 11) is 1.40. The fraction of sp³-hybridized carbons (Fsp3) is 0.625. The number of esters is 1. The first kappa shape index (κ1) is 9.14. The van der Waals surface area contributed by atoms with Gasteiger partial charge in [0.15, 0.2) is 0 Å². The quantitative estimate of drug-likeness (QED) is 0.637. The molecule has 0 bridgehead atoms. The Labute approximate surface area is 81.3 Å². The van der Waals surface area contributed by atoms with Crippen molar-refractivity contribution in [2.24, 2.45) is 0 Å². The van der Waals surface area contributed by atoms with Crippen molar-refractivity contribution in [1.29, 1.82) is 0 Å². The molecule has 2 atom stereocenters. The number of ether oxygens (including phenoxy) is 1. The lowest BCUT2D eigenvalue weighted by Gasteiger charge is -2.08. The first-order valence-electron chi connectivity index (χ1n) is 4.46. The molecule has 2 heterocycles. The number of aromatic nitrogens is 3. The summed E-state index contributed by atoms with van der Waals surface area (Å²) in [5.41, 5.74) is 0. The van der Waals surface area contributed by atoms with Gasteiger partial charge < -0.3 is 10.1 Å². The number of nitrogens with zero attached hydrogens (tertiary/aromatic N) is 3. The van der Waals surface area contributed by atoms with Crippen LogP contribution >= 0.6 is 0 Å². The Morgan fingerprint density at radius 1 is 1.71 bits per heavy atom. The molecule has 0 unspecified atom stereocenters. The Bertz CT molecular complexity index is 311. The highest BCUT2D eigenvalue weighted by Crippen LogP contribution is 2.18. The van der Waals surface area contributed by atoms with E-state index in [1.807, 2.05) is 0 Å². The van der Waals surface area contributed by atoms with Crippen molar-refractivity contribution in [2.45, 2.75) is 18.5 Å². The molecule has 0 spiro atoms. The minimum absolute atomic E-state index is 0.196. The minimum atomic E-state index is -0.215. The Hall–Kier alpha value is -1.43. The predicted octanol–water partition coefficient (Wildman–Crippen LogP) is -0.646. The Kier molecular flexibility index (Phi) is 2.45. The first-order chi connectivity index (χ1) is 6.81. The van der Waals surface area contributed by atoms with E-state index in [0.717, 1.165) is 6.54 Å². The highest BCUT2D eigenvalue weighted by atomic mass is 16.5. The molecule has 1 saturated heterocycles. The minimum Gasteiger partial charge on any atom is -0.468 e. The molecule has 6 heteroatoms. The van der Waals surface area contributed by atoms with E-state index in [2.05, 4.69) is 20.1 Å². The number of hydrogen-bond donors (Lipinski definition) is 1. The second-order valence-electron chi connectivity index (χ2n) is 3.25. The highest BCUT2D eigenvalue weighted by molar-refractivity contribution is 5.76. The monoisotopic (exact) mass is 196 g/mol. The van der Waals surface area contributed by atoms with Crippen molar-refractivity contribution in [2.75, 3.05) is 13.7 Å². The maximum Gasteiger partial charge on any atom is 0.322 e. The van der Waals surface area contributed by atoms with E-state index in [1.54, 1.807) is 11.0 Å². The molecule has 0 amide bonds. The fourth-order valence-electron chi connectivity index (χ4n) is 1.65. The van der Waals surface area contributed by atoms with Crippen molar-refractivity contribution >= 4 is 5.97 Å². The lowest BCUT2D eigenvalue weighted by atomic mass is 10.2. The lowest BCUT2D eigenvalue weighted by molar-refractivity contribution is -0.142. The molecule has 0 radical (unpaired) electrons. The van der Waals surface area contributed by atoms with E-state index in [9.17, 15) is 4.79 Å². The molecule has 6 nitrogen and oxygen atoms in total. The van der Waals surface area contributed by atoms with Gasteiger partial charge in [0.05, 0.1) is 13.2 Å². The number of carbonyl (C=O) groups excluding carboxylic acids is 1. The van der Waals surface area contributed by atoms with Crippen LogP contribution in [-0.4, -0.2) is 40.4 Å². The van der Waals surface area contributed by atoms with Crippen LogP contribution in [0.25, 0.3) is 0 Å². The first-order valence-corrected chi connectivity index (χ1v) is 4.46. The van der Waals surface area contributed by atoms with Crippen LogP contribution in [0.1, 0.15) is 12.5 Å². The average Bonchev–Trinajstić information content (AvgIpc) is 2.86. The zero-order chi connectivity index (χ0) is 9.97. The molecule has 1 aliphatic rings. The molecule has 0 aliphatic carbocycles. The Balaban J connectivity index is 1.98. The van der Waals surface area contributed by atoms with Gasteiger partial charge in [0.2, 0.25) is 0 Å². The topological polar surface area (TPSA) is 69.0 Å². The van der Waals surface area contributed by atoms with Crippen molar-refractivity contribution in [3.8, 4) is 0 Å². The van der Waals surface area contributed by atoms with Crippen LogP contribution in [0.4, 0.5) is 0 Å². The van der Waals surface area contributed by atoms with Gasteiger partial charge in [0, 0.05) is 6.54 Å². The molecule has 0 aromatic carbocycles. The molecule has 14 heavy (non-hydrogen) atoms. The van der Waals surface area contributed by atoms with Gasteiger partial charge in [-0.15, -0.1) is 0 Å². The van der Waals surface area contributed by atoms with Gasteiger partial charge in [-0.25, -0.2) is 9.67 Å². The Morgan fingerprint density at radius 3 is 3.21 bits per heavy atom. The third kappa shape index (κ3) is 1.60. The van der Waals surface area contributed by atoms with Crippen LogP contribution in [0.15, 0.2) is 12.7 Å². The van der Waals surface area contributed by atoms with Gasteiger partial charge in [0.1, 0.15) is 18.7 Å². The number of rotatable bonds is 2. The van der Waals surface area contributed by atoms with E-state index in [0.29, 0.717) is 6.42 Å². The molecule has 1 aliphatic heterocycles. The highest BCUT2D eigenvalue weighted by Gasteiger charge is 2.31. The van der Waals surface area contributed by atoms with E-state index < -0.39 is 0 Å². The van der Waals surface area contributed by atoms with E-state index in [1.165, 1.54) is 13.4 Å². The zero-order valence-electron chi connectivity index (χ0n) is 7.88. The third-order valence-electron chi connectivity index (χ3n) is 2.40. The van der Waals surface area contributed by atoms with Gasteiger partial charge in [-0.1, -0.05) is 0 Å². The van der Waals surface area contributed by atoms with E-state index in [-0.39, 0.29) is 18.1 Å². The van der Waals surface area contributed by atoms with Crippen LogP contribution in [0.5, 0.6) is 0 Å². The largest absolute Gasteiger partial charge is 0.468 e. The van der Waals surface area contributed by atoms with Crippen molar-refractivity contribution in [1.82, 2.24) is 20.1 Å². The summed E-state index contributed by atoms with van der Waals surface area (Å²) in [5, 5.41) is 7.11. The standard InChI is InChI=1S/C8H12N4O2/c1-14-8(13)7-2-6(3-10-7)12-5-9-4-11-12/h4-7,10H,2-3H2,1H3/t6-,7-/m1/s1. The molecule has 1 fully saturated rings. The molecule has 1 aromatic rings. The normalized spacial score (nSPS) is 26.4.